The summed E-state index contributed by atoms with van der Waals surface area (Å²) in [6.07, 6.45) is 3.70. The highest BCUT2D eigenvalue weighted by Crippen LogP contribution is 2.30. The van der Waals surface area contributed by atoms with Crippen molar-refractivity contribution in [1.82, 2.24) is 0 Å². The van der Waals surface area contributed by atoms with Crippen molar-refractivity contribution in [2.75, 3.05) is 7.11 Å². The summed E-state index contributed by atoms with van der Waals surface area (Å²) in [6.45, 7) is 1.74. The Morgan fingerprint density at radius 2 is 2.18 bits per heavy atom. The van der Waals surface area contributed by atoms with Crippen LogP contribution in [-0.2, 0) is 11.2 Å². The van der Waals surface area contributed by atoms with Crippen LogP contribution in [0, 0.1) is 5.92 Å². The van der Waals surface area contributed by atoms with Crippen molar-refractivity contribution in [3.8, 4) is 5.75 Å². The molecule has 0 aliphatic heterocycles. The monoisotopic (exact) mass is 232 g/mol. The third-order valence-corrected chi connectivity index (χ3v) is 3.30. The molecule has 1 aliphatic rings. The summed E-state index contributed by atoms with van der Waals surface area (Å²) in [5.74, 6) is -0.301. The van der Waals surface area contributed by atoms with Crippen LogP contribution in [0.4, 0.5) is 0 Å². The quantitative estimate of drug-likeness (QED) is 0.871. The molecule has 0 bridgehead atoms. The van der Waals surface area contributed by atoms with Crippen LogP contribution in [0.5, 0.6) is 5.75 Å². The largest absolute Gasteiger partial charge is 0.497 e. The molecule has 0 aromatic heterocycles. The first-order valence-electron chi connectivity index (χ1n) is 5.72. The zero-order chi connectivity index (χ0) is 12.4. The number of carboxylic acids is 1. The fraction of sp³-hybridized carbons (Fsp3) is 0.357. The minimum absolute atomic E-state index is 0.398. The van der Waals surface area contributed by atoms with Crippen LogP contribution < -0.4 is 4.74 Å². The lowest BCUT2D eigenvalue weighted by molar-refractivity contribution is -0.139. The molecule has 1 atom stereocenters. The standard InChI is InChI=1S/C14H16O3/c1-9(14(15)16)10-3-4-12-8-13(17-2)6-5-11(12)7-10/h5-9H,3-4H2,1-2H3,(H,15,16)/t9-/m0/s1. The van der Waals surface area contributed by atoms with E-state index in [9.17, 15) is 4.79 Å². The zero-order valence-electron chi connectivity index (χ0n) is 10.1. The molecule has 0 unspecified atom stereocenters. The number of aryl methyl sites for hydroxylation is 1. The van der Waals surface area contributed by atoms with Gasteiger partial charge in [0.25, 0.3) is 0 Å². The molecule has 3 heteroatoms. The van der Waals surface area contributed by atoms with E-state index in [0.717, 1.165) is 29.7 Å². The van der Waals surface area contributed by atoms with E-state index in [-0.39, 0.29) is 0 Å². The van der Waals surface area contributed by atoms with Crippen molar-refractivity contribution in [2.45, 2.75) is 19.8 Å². The van der Waals surface area contributed by atoms with E-state index in [2.05, 4.69) is 0 Å². The SMILES string of the molecule is COc1ccc2c(c1)CCC([C@H](C)C(=O)O)=C2. The first-order chi connectivity index (χ1) is 8.11. The molecule has 90 valence electrons. The van der Waals surface area contributed by atoms with Gasteiger partial charge in [0, 0.05) is 0 Å². The van der Waals surface area contributed by atoms with E-state index in [4.69, 9.17) is 9.84 Å². The summed E-state index contributed by atoms with van der Waals surface area (Å²) in [5, 5.41) is 9.00. The van der Waals surface area contributed by atoms with E-state index in [0.29, 0.717) is 0 Å². The van der Waals surface area contributed by atoms with E-state index >= 15 is 0 Å². The predicted octanol–water partition coefficient (Wildman–Crippen LogP) is 2.75. The molecule has 0 fully saturated rings. The number of fused-ring (bicyclic) bond motifs is 1. The fourth-order valence-electron chi connectivity index (χ4n) is 2.12. The third kappa shape index (κ3) is 2.33. The van der Waals surface area contributed by atoms with Gasteiger partial charge in [-0.05, 0) is 43.0 Å². The molecule has 2 rings (SSSR count). The normalized spacial score (nSPS) is 15.8. The number of hydrogen-bond donors (Lipinski definition) is 1. The Hall–Kier alpha value is -1.77. The highest BCUT2D eigenvalue weighted by Gasteiger charge is 2.20. The van der Waals surface area contributed by atoms with Gasteiger partial charge >= 0.3 is 5.97 Å². The number of carboxylic acid groups (broad SMARTS) is 1. The van der Waals surface area contributed by atoms with Crippen molar-refractivity contribution in [3.05, 3.63) is 34.9 Å². The number of rotatable bonds is 3. The summed E-state index contributed by atoms with van der Waals surface area (Å²) < 4.78 is 5.18. The van der Waals surface area contributed by atoms with Gasteiger partial charge in [-0.15, -0.1) is 0 Å². The average molecular weight is 232 g/mol. The first-order valence-corrected chi connectivity index (χ1v) is 5.72. The van der Waals surface area contributed by atoms with Crippen molar-refractivity contribution in [3.63, 3.8) is 0 Å². The number of methoxy groups -OCH3 is 1. The predicted molar refractivity (Wildman–Crippen MR) is 66.1 cm³/mol. The van der Waals surface area contributed by atoms with Gasteiger partial charge in [0.2, 0.25) is 0 Å². The molecule has 0 saturated carbocycles. The Kier molecular flexibility index (Phi) is 3.18. The van der Waals surface area contributed by atoms with Crippen LogP contribution in [0.3, 0.4) is 0 Å². The lowest BCUT2D eigenvalue weighted by atomic mass is 9.86. The Morgan fingerprint density at radius 1 is 1.41 bits per heavy atom. The van der Waals surface area contributed by atoms with Gasteiger partial charge in [-0.25, -0.2) is 0 Å². The van der Waals surface area contributed by atoms with Crippen LogP contribution in [0.15, 0.2) is 23.8 Å². The second kappa shape index (κ2) is 4.62. The van der Waals surface area contributed by atoms with Crippen molar-refractivity contribution in [1.29, 1.82) is 0 Å². The molecule has 1 aromatic rings. The second-order valence-electron chi connectivity index (χ2n) is 4.34. The fourth-order valence-corrected chi connectivity index (χ4v) is 2.12. The highest BCUT2D eigenvalue weighted by atomic mass is 16.5. The minimum Gasteiger partial charge on any atom is -0.497 e. The van der Waals surface area contributed by atoms with Gasteiger partial charge in [-0.1, -0.05) is 17.7 Å². The maximum absolute atomic E-state index is 11.0. The van der Waals surface area contributed by atoms with Gasteiger partial charge in [0.15, 0.2) is 0 Å². The lowest BCUT2D eigenvalue weighted by Gasteiger charge is -2.19. The summed E-state index contributed by atoms with van der Waals surface area (Å²) in [5.41, 5.74) is 3.33. The van der Waals surface area contributed by atoms with Gasteiger partial charge in [0.05, 0.1) is 13.0 Å². The van der Waals surface area contributed by atoms with Gasteiger partial charge < -0.3 is 9.84 Å². The van der Waals surface area contributed by atoms with Gasteiger partial charge in [-0.3, -0.25) is 4.79 Å². The maximum Gasteiger partial charge on any atom is 0.310 e. The molecule has 0 amide bonds. The summed E-state index contributed by atoms with van der Waals surface area (Å²) in [6, 6.07) is 5.92. The first kappa shape index (κ1) is 11.7. The average Bonchev–Trinajstić information content (AvgIpc) is 2.36. The van der Waals surface area contributed by atoms with Gasteiger partial charge in [0.1, 0.15) is 5.75 Å². The van der Waals surface area contributed by atoms with Crippen molar-refractivity contribution < 1.29 is 14.6 Å². The van der Waals surface area contributed by atoms with Crippen molar-refractivity contribution >= 4 is 12.0 Å². The van der Waals surface area contributed by atoms with Crippen LogP contribution in [0.1, 0.15) is 24.5 Å². The molecule has 17 heavy (non-hydrogen) atoms. The molecule has 0 radical (unpaired) electrons. The molecule has 0 saturated heterocycles. The van der Waals surface area contributed by atoms with Crippen LogP contribution in [0.2, 0.25) is 0 Å². The molecule has 1 aromatic carbocycles. The Labute approximate surface area is 101 Å². The topological polar surface area (TPSA) is 46.5 Å². The molecule has 0 heterocycles. The Morgan fingerprint density at radius 3 is 2.82 bits per heavy atom. The summed E-state index contributed by atoms with van der Waals surface area (Å²) >= 11 is 0. The molecule has 1 N–H and O–H groups in total. The molecule has 0 spiro atoms. The number of benzene rings is 1. The number of ether oxygens (including phenoxy) is 1. The number of carbonyl (C=O) groups is 1. The zero-order valence-corrected chi connectivity index (χ0v) is 10.1. The van der Waals surface area contributed by atoms with Crippen LogP contribution in [0.25, 0.3) is 6.08 Å². The third-order valence-electron chi connectivity index (χ3n) is 3.30. The van der Waals surface area contributed by atoms with Crippen molar-refractivity contribution in [2.24, 2.45) is 5.92 Å². The van der Waals surface area contributed by atoms with E-state index in [1.165, 1.54) is 5.56 Å². The Bertz CT molecular complexity index is 474. The summed E-state index contributed by atoms with van der Waals surface area (Å²) in [4.78, 5) is 11.0. The number of hydrogen-bond acceptors (Lipinski definition) is 2. The smallest absolute Gasteiger partial charge is 0.310 e. The summed E-state index contributed by atoms with van der Waals surface area (Å²) in [7, 11) is 1.65. The Balaban J connectivity index is 2.32. The number of aliphatic carboxylic acids is 1. The van der Waals surface area contributed by atoms with Gasteiger partial charge in [-0.2, -0.15) is 0 Å². The lowest BCUT2D eigenvalue weighted by Crippen LogP contribution is -2.15. The van der Waals surface area contributed by atoms with E-state index in [1.807, 2.05) is 24.3 Å². The van der Waals surface area contributed by atoms with E-state index < -0.39 is 11.9 Å². The van der Waals surface area contributed by atoms with Crippen LogP contribution >= 0.6 is 0 Å². The molecule has 3 nitrogen and oxygen atoms in total. The molecular weight excluding hydrogens is 216 g/mol. The second-order valence-corrected chi connectivity index (χ2v) is 4.34. The van der Waals surface area contributed by atoms with Crippen LogP contribution in [-0.4, -0.2) is 18.2 Å². The maximum atomic E-state index is 11.0. The molecular formula is C14H16O3. The highest BCUT2D eigenvalue weighted by molar-refractivity contribution is 5.76. The minimum atomic E-state index is -0.756. The molecule has 1 aliphatic carbocycles. The van der Waals surface area contributed by atoms with E-state index in [1.54, 1.807) is 14.0 Å².